The predicted molar refractivity (Wildman–Crippen MR) is 74.0 cm³/mol. The second-order valence-electron chi connectivity index (χ2n) is 4.09. The van der Waals surface area contributed by atoms with Crippen LogP contribution in [0.25, 0.3) is 6.08 Å². The Morgan fingerprint density at radius 1 is 1.05 bits per heavy atom. The van der Waals surface area contributed by atoms with Gasteiger partial charge in [0.1, 0.15) is 0 Å². The van der Waals surface area contributed by atoms with Gasteiger partial charge >= 0.3 is 0 Å². The van der Waals surface area contributed by atoms with Crippen LogP contribution in [0.2, 0.25) is 0 Å². The van der Waals surface area contributed by atoms with E-state index in [1.54, 1.807) is 48.7 Å². The highest BCUT2D eigenvalue weighted by molar-refractivity contribution is 6.13. The summed E-state index contributed by atoms with van der Waals surface area (Å²) in [5, 5.41) is 0. The Labute approximate surface area is 111 Å². The Kier molecular flexibility index (Phi) is 3.98. The van der Waals surface area contributed by atoms with E-state index in [0.29, 0.717) is 11.1 Å². The van der Waals surface area contributed by atoms with Gasteiger partial charge in [-0.3, -0.25) is 14.6 Å². The van der Waals surface area contributed by atoms with Crippen molar-refractivity contribution >= 4 is 17.6 Å². The summed E-state index contributed by atoms with van der Waals surface area (Å²) < 4.78 is 0. The molecule has 0 saturated carbocycles. The Bertz CT molecular complexity index is 600. The average Bonchev–Trinajstić information content (AvgIpc) is 2.48. The number of benzene rings is 1. The van der Waals surface area contributed by atoms with Gasteiger partial charge in [0, 0.05) is 23.5 Å². The second kappa shape index (κ2) is 5.87. The first kappa shape index (κ1) is 12.9. The molecule has 0 radical (unpaired) electrons. The standard InChI is InChI=1S/C16H13NO2/c1-2-12-5-7-13(8-6-12)15(18)10-16(19)14-4-3-9-17-11-14/h2-9,11H,1,10H2. The van der Waals surface area contributed by atoms with Crippen LogP contribution in [0, 0.1) is 0 Å². The van der Waals surface area contributed by atoms with Crippen molar-refractivity contribution in [2.45, 2.75) is 6.42 Å². The van der Waals surface area contributed by atoms with Gasteiger partial charge in [-0.15, -0.1) is 0 Å². The van der Waals surface area contributed by atoms with Gasteiger partial charge in [-0.25, -0.2) is 0 Å². The van der Waals surface area contributed by atoms with Crippen LogP contribution in [0.5, 0.6) is 0 Å². The van der Waals surface area contributed by atoms with Gasteiger partial charge in [-0.1, -0.05) is 36.9 Å². The van der Waals surface area contributed by atoms with E-state index >= 15 is 0 Å². The summed E-state index contributed by atoms with van der Waals surface area (Å²) in [6, 6.07) is 10.3. The second-order valence-corrected chi connectivity index (χ2v) is 4.09. The molecule has 0 saturated heterocycles. The zero-order valence-corrected chi connectivity index (χ0v) is 10.4. The Morgan fingerprint density at radius 2 is 1.74 bits per heavy atom. The monoisotopic (exact) mass is 251 g/mol. The van der Waals surface area contributed by atoms with Crippen LogP contribution >= 0.6 is 0 Å². The van der Waals surface area contributed by atoms with E-state index in [0.717, 1.165) is 5.56 Å². The van der Waals surface area contributed by atoms with Crippen molar-refractivity contribution in [1.82, 2.24) is 4.98 Å². The lowest BCUT2D eigenvalue weighted by molar-refractivity contribution is 0.0894. The summed E-state index contributed by atoms with van der Waals surface area (Å²) in [4.78, 5) is 27.7. The van der Waals surface area contributed by atoms with E-state index < -0.39 is 0 Å². The SMILES string of the molecule is C=Cc1ccc(C(=O)CC(=O)c2cccnc2)cc1. The fraction of sp³-hybridized carbons (Fsp3) is 0.0625. The molecule has 3 nitrogen and oxygen atoms in total. The van der Waals surface area contributed by atoms with Crippen molar-refractivity contribution in [1.29, 1.82) is 0 Å². The smallest absolute Gasteiger partial charge is 0.172 e. The van der Waals surface area contributed by atoms with Crippen molar-refractivity contribution in [2.75, 3.05) is 0 Å². The molecular weight excluding hydrogens is 238 g/mol. The molecule has 2 rings (SSSR count). The number of carbonyl (C=O) groups excluding carboxylic acids is 2. The van der Waals surface area contributed by atoms with Crippen molar-refractivity contribution in [3.8, 4) is 0 Å². The normalized spacial score (nSPS) is 9.89. The minimum absolute atomic E-state index is 0.140. The summed E-state index contributed by atoms with van der Waals surface area (Å²) >= 11 is 0. The molecule has 0 aliphatic carbocycles. The molecule has 0 spiro atoms. The number of nitrogens with zero attached hydrogens (tertiary/aromatic N) is 1. The number of rotatable bonds is 5. The van der Waals surface area contributed by atoms with E-state index in [1.807, 2.05) is 0 Å². The molecule has 0 N–H and O–H groups in total. The van der Waals surface area contributed by atoms with Gasteiger partial charge in [0.05, 0.1) is 6.42 Å². The molecule has 3 heteroatoms. The quantitative estimate of drug-likeness (QED) is 0.605. The minimum atomic E-state index is -0.217. The van der Waals surface area contributed by atoms with E-state index in [9.17, 15) is 9.59 Å². The molecule has 1 heterocycles. The van der Waals surface area contributed by atoms with Crippen LogP contribution in [0.3, 0.4) is 0 Å². The first-order valence-corrected chi connectivity index (χ1v) is 5.89. The fourth-order valence-electron chi connectivity index (χ4n) is 1.68. The number of hydrogen-bond acceptors (Lipinski definition) is 3. The lowest BCUT2D eigenvalue weighted by atomic mass is 10.0. The summed E-state index contributed by atoms with van der Waals surface area (Å²) in [5.74, 6) is -0.407. The zero-order chi connectivity index (χ0) is 13.7. The molecule has 0 atom stereocenters. The van der Waals surface area contributed by atoms with Crippen molar-refractivity contribution < 1.29 is 9.59 Å². The van der Waals surface area contributed by atoms with Gasteiger partial charge in [0.25, 0.3) is 0 Å². The molecule has 2 aromatic rings. The third kappa shape index (κ3) is 3.22. The van der Waals surface area contributed by atoms with Crippen LogP contribution in [0.4, 0.5) is 0 Å². The van der Waals surface area contributed by atoms with E-state index in [4.69, 9.17) is 0 Å². The highest BCUT2D eigenvalue weighted by Crippen LogP contribution is 2.10. The summed E-state index contributed by atoms with van der Waals surface area (Å²) in [7, 11) is 0. The molecule has 0 amide bonds. The maximum absolute atomic E-state index is 12.0. The molecule has 0 bridgehead atoms. The number of pyridine rings is 1. The third-order valence-corrected chi connectivity index (χ3v) is 2.77. The molecule has 0 fully saturated rings. The maximum atomic E-state index is 12.0. The van der Waals surface area contributed by atoms with Gasteiger partial charge in [0.15, 0.2) is 11.6 Å². The predicted octanol–water partition coefficient (Wildman–Crippen LogP) is 3.18. The number of carbonyl (C=O) groups is 2. The lowest BCUT2D eigenvalue weighted by Crippen LogP contribution is -2.08. The molecule has 94 valence electrons. The molecule has 19 heavy (non-hydrogen) atoms. The first-order valence-electron chi connectivity index (χ1n) is 5.89. The molecule has 0 unspecified atom stereocenters. The Morgan fingerprint density at radius 3 is 2.32 bits per heavy atom. The van der Waals surface area contributed by atoms with Gasteiger partial charge in [-0.2, -0.15) is 0 Å². The molecular formula is C16H13NO2. The van der Waals surface area contributed by atoms with Gasteiger partial charge in [0.2, 0.25) is 0 Å². The van der Waals surface area contributed by atoms with E-state index in [2.05, 4.69) is 11.6 Å². The van der Waals surface area contributed by atoms with Crippen LogP contribution in [-0.4, -0.2) is 16.6 Å². The summed E-state index contributed by atoms with van der Waals surface area (Å²) in [5.41, 5.74) is 1.93. The number of hydrogen-bond donors (Lipinski definition) is 0. The van der Waals surface area contributed by atoms with Crippen LogP contribution in [-0.2, 0) is 0 Å². The van der Waals surface area contributed by atoms with Crippen molar-refractivity contribution in [3.05, 3.63) is 72.1 Å². The average molecular weight is 251 g/mol. The first-order chi connectivity index (χ1) is 9.20. The fourth-order valence-corrected chi connectivity index (χ4v) is 1.68. The minimum Gasteiger partial charge on any atom is -0.294 e. The van der Waals surface area contributed by atoms with E-state index in [-0.39, 0.29) is 18.0 Å². The lowest BCUT2D eigenvalue weighted by Gasteiger charge is -2.01. The number of ketones is 2. The number of aromatic nitrogens is 1. The topological polar surface area (TPSA) is 47.0 Å². The van der Waals surface area contributed by atoms with E-state index in [1.165, 1.54) is 6.20 Å². The summed E-state index contributed by atoms with van der Waals surface area (Å²) in [6.45, 7) is 3.65. The number of Topliss-reactive ketones (excluding diaryl/α,β-unsaturated/α-hetero) is 2. The van der Waals surface area contributed by atoms with Crippen LogP contribution < -0.4 is 0 Å². The van der Waals surface area contributed by atoms with Crippen LogP contribution in [0.15, 0.2) is 55.4 Å². The van der Waals surface area contributed by atoms with Crippen LogP contribution in [0.1, 0.15) is 32.7 Å². The third-order valence-electron chi connectivity index (χ3n) is 2.77. The summed E-state index contributed by atoms with van der Waals surface area (Å²) in [6.07, 6.45) is 4.62. The molecule has 0 aliphatic rings. The zero-order valence-electron chi connectivity index (χ0n) is 10.4. The van der Waals surface area contributed by atoms with Crippen molar-refractivity contribution in [3.63, 3.8) is 0 Å². The highest BCUT2D eigenvalue weighted by Gasteiger charge is 2.13. The largest absolute Gasteiger partial charge is 0.294 e. The molecule has 1 aromatic carbocycles. The van der Waals surface area contributed by atoms with Crippen molar-refractivity contribution in [2.24, 2.45) is 0 Å². The maximum Gasteiger partial charge on any atom is 0.172 e. The molecule has 0 aliphatic heterocycles. The Hall–Kier alpha value is -2.55. The van der Waals surface area contributed by atoms with Gasteiger partial charge in [-0.05, 0) is 17.7 Å². The van der Waals surface area contributed by atoms with Gasteiger partial charge < -0.3 is 0 Å². The molecule has 1 aromatic heterocycles. The Balaban J connectivity index is 2.08. The highest BCUT2D eigenvalue weighted by atomic mass is 16.1.